The molecule has 39 heavy (non-hydrogen) atoms. The van der Waals surface area contributed by atoms with Gasteiger partial charge in [-0.1, -0.05) is 42.4 Å². The first-order chi connectivity index (χ1) is 18.6. The number of para-hydroxylation sites is 2. The molecule has 0 aliphatic heterocycles. The summed E-state index contributed by atoms with van der Waals surface area (Å²) in [6.45, 7) is 7.50. The highest BCUT2D eigenvalue weighted by Crippen LogP contribution is 2.39. The Kier molecular flexibility index (Phi) is 9.70. The summed E-state index contributed by atoms with van der Waals surface area (Å²) in [5, 5.41) is 9.45. The quantitative estimate of drug-likeness (QED) is 0.341. The second-order valence-corrected chi connectivity index (χ2v) is 9.68. The summed E-state index contributed by atoms with van der Waals surface area (Å²) < 4.78 is 16.1. The van der Waals surface area contributed by atoms with Crippen molar-refractivity contribution in [2.45, 2.75) is 58.5 Å². The molecule has 3 aromatic rings. The van der Waals surface area contributed by atoms with Gasteiger partial charge in [-0.3, -0.25) is 19.3 Å². The standard InChI is InChI=1S/C29H36N4O6/c1-7-29(3,4)31-28(36)26(21-14-11-15-22(37-5)27(21)38-6)33(20-12-9-8-10-13-20)25(35)17-16-24(34)30-23-18-19(2)39-32-23/h8-15,18,26H,7,16-17H2,1-6H3,(H,31,36)(H,30,32,34). The largest absolute Gasteiger partial charge is 0.493 e. The molecule has 0 fully saturated rings. The van der Waals surface area contributed by atoms with Gasteiger partial charge in [0.15, 0.2) is 17.3 Å². The van der Waals surface area contributed by atoms with Crippen molar-refractivity contribution in [3.63, 3.8) is 0 Å². The van der Waals surface area contributed by atoms with E-state index in [4.69, 9.17) is 14.0 Å². The van der Waals surface area contributed by atoms with Crippen LogP contribution in [0.15, 0.2) is 59.1 Å². The van der Waals surface area contributed by atoms with E-state index in [1.807, 2.05) is 26.8 Å². The van der Waals surface area contributed by atoms with E-state index in [2.05, 4.69) is 15.8 Å². The lowest BCUT2D eigenvalue weighted by Crippen LogP contribution is -2.50. The van der Waals surface area contributed by atoms with E-state index in [1.165, 1.54) is 19.1 Å². The molecule has 1 aromatic heterocycles. The maximum absolute atomic E-state index is 14.0. The van der Waals surface area contributed by atoms with Gasteiger partial charge in [-0.15, -0.1) is 0 Å². The number of rotatable bonds is 12. The van der Waals surface area contributed by atoms with Crippen LogP contribution in [0.1, 0.15) is 57.4 Å². The van der Waals surface area contributed by atoms with Crippen LogP contribution in [0.3, 0.4) is 0 Å². The maximum atomic E-state index is 14.0. The van der Waals surface area contributed by atoms with E-state index in [0.29, 0.717) is 34.9 Å². The van der Waals surface area contributed by atoms with E-state index >= 15 is 0 Å². The fourth-order valence-corrected chi connectivity index (χ4v) is 4.01. The molecular formula is C29H36N4O6. The number of carbonyl (C=O) groups excluding carboxylic acids is 3. The zero-order valence-electron chi connectivity index (χ0n) is 23.2. The summed E-state index contributed by atoms with van der Waals surface area (Å²) in [6, 6.07) is 14.5. The number of hydrogen-bond donors (Lipinski definition) is 2. The molecular weight excluding hydrogens is 500 g/mol. The molecule has 0 saturated carbocycles. The number of anilines is 2. The lowest BCUT2D eigenvalue weighted by molar-refractivity contribution is -0.128. The lowest BCUT2D eigenvalue weighted by Gasteiger charge is -2.35. The highest BCUT2D eigenvalue weighted by Gasteiger charge is 2.37. The average Bonchev–Trinajstić information content (AvgIpc) is 3.33. The van der Waals surface area contributed by atoms with Crippen molar-refractivity contribution in [1.29, 1.82) is 0 Å². The molecule has 1 heterocycles. The summed E-state index contributed by atoms with van der Waals surface area (Å²) in [7, 11) is 2.99. The molecule has 0 bridgehead atoms. The molecule has 0 radical (unpaired) electrons. The van der Waals surface area contributed by atoms with E-state index < -0.39 is 29.3 Å². The number of carbonyl (C=O) groups is 3. The highest BCUT2D eigenvalue weighted by molar-refractivity contribution is 6.03. The van der Waals surface area contributed by atoms with Gasteiger partial charge in [0, 0.05) is 35.7 Å². The van der Waals surface area contributed by atoms with Crippen LogP contribution >= 0.6 is 0 Å². The monoisotopic (exact) mass is 536 g/mol. The number of amides is 3. The van der Waals surface area contributed by atoms with Gasteiger partial charge in [-0.05, 0) is 45.4 Å². The van der Waals surface area contributed by atoms with Gasteiger partial charge in [-0.25, -0.2) is 0 Å². The highest BCUT2D eigenvalue weighted by atomic mass is 16.5. The predicted octanol–water partition coefficient (Wildman–Crippen LogP) is 4.80. The van der Waals surface area contributed by atoms with Gasteiger partial charge in [0.25, 0.3) is 0 Å². The number of nitrogens with zero attached hydrogens (tertiary/aromatic N) is 2. The normalized spacial score (nSPS) is 11.8. The van der Waals surface area contributed by atoms with Crippen LogP contribution in [0, 0.1) is 6.92 Å². The van der Waals surface area contributed by atoms with Crippen molar-refractivity contribution in [2.24, 2.45) is 0 Å². The molecule has 2 aromatic carbocycles. The molecule has 10 nitrogen and oxygen atoms in total. The Morgan fingerprint density at radius 1 is 1.03 bits per heavy atom. The van der Waals surface area contributed by atoms with Gasteiger partial charge in [0.2, 0.25) is 17.7 Å². The summed E-state index contributed by atoms with van der Waals surface area (Å²) >= 11 is 0. The lowest BCUT2D eigenvalue weighted by atomic mass is 9.97. The Labute approximate surface area is 228 Å². The number of aryl methyl sites for hydroxylation is 1. The zero-order valence-corrected chi connectivity index (χ0v) is 23.2. The fourth-order valence-electron chi connectivity index (χ4n) is 4.01. The summed E-state index contributed by atoms with van der Waals surface area (Å²) in [5.74, 6) is 0.349. The number of aromatic nitrogens is 1. The van der Waals surface area contributed by atoms with E-state index in [1.54, 1.807) is 55.5 Å². The first-order valence-electron chi connectivity index (χ1n) is 12.7. The zero-order chi connectivity index (χ0) is 28.6. The molecule has 3 amide bonds. The summed E-state index contributed by atoms with van der Waals surface area (Å²) in [5.41, 5.74) is 0.401. The van der Waals surface area contributed by atoms with Crippen LogP contribution in [0.2, 0.25) is 0 Å². The molecule has 1 unspecified atom stereocenters. The molecule has 0 aliphatic rings. The molecule has 3 rings (SSSR count). The molecule has 0 saturated heterocycles. The SMILES string of the molecule is CCC(C)(C)NC(=O)C(c1cccc(OC)c1OC)N(C(=O)CCC(=O)Nc1cc(C)on1)c1ccccc1. The van der Waals surface area contributed by atoms with Crippen molar-refractivity contribution in [3.05, 3.63) is 65.9 Å². The van der Waals surface area contributed by atoms with Crippen molar-refractivity contribution >= 4 is 29.2 Å². The Balaban J connectivity index is 2.03. The first kappa shape index (κ1) is 29.2. The van der Waals surface area contributed by atoms with Crippen LogP contribution in [0.5, 0.6) is 11.5 Å². The molecule has 0 aliphatic carbocycles. The number of methoxy groups -OCH3 is 2. The van der Waals surface area contributed by atoms with Crippen molar-refractivity contribution in [1.82, 2.24) is 10.5 Å². The molecule has 1 atom stereocenters. The molecule has 0 spiro atoms. The molecule has 208 valence electrons. The van der Waals surface area contributed by atoms with E-state index in [9.17, 15) is 14.4 Å². The van der Waals surface area contributed by atoms with Gasteiger partial charge >= 0.3 is 0 Å². The van der Waals surface area contributed by atoms with Crippen LogP contribution in [0.25, 0.3) is 0 Å². The van der Waals surface area contributed by atoms with Gasteiger partial charge in [-0.2, -0.15) is 0 Å². The third-order valence-corrected chi connectivity index (χ3v) is 6.34. The second-order valence-electron chi connectivity index (χ2n) is 9.68. The Hall–Kier alpha value is -4.34. The Morgan fingerprint density at radius 3 is 2.33 bits per heavy atom. The van der Waals surface area contributed by atoms with Crippen molar-refractivity contribution < 1.29 is 28.4 Å². The predicted molar refractivity (Wildman–Crippen MR) is 148 cm³/mol. The minimum Gasteiger partial charge on any atom is -0.493 e. The Morgan fingerprint density at radius 2 is 1.74 bits per heavy atom. The second kappa shape index (κ2) is 12.9. The van der Waals surface area contributed by atoms with E-state index in [0.717, 1.165) is 0 Å². The van der Waals surface area contributed by atoms with Gasteiger partial charge in [0.1, 0.15) is 11.8 Å². The number of ether oxygens (including phenoxy) is 2. The number of benzene rings is 2. The van der Waals surface area contributed by atoms with Crippen LogP contribution in [-0.4, -0.2) is 42.6 Å². The van der Waals surface area contributed by atoms with Gasteiger partial charge in [0.05, 0.1) is 14.2 Å². The van der Waals surface area contributed by atoms with Gasteiger partial charge < -0.3 is 24.6 Å². The third-order valence-electron chi connectivity index (χ3n) is 6.34. The Bertz CT molecular complexity index is 1290. The number of nitrogens with one attached hydrogen (secondary N) is 2. The third kappa shape index (κ3) is 7.37. The van der Waals surface area contributed by atoms with Crippen LogP contribution in [0.4, 0.5) is 11.5 Å². The molecule has 10 heteroatoms. The topological polar surface area (TPSA) is 123 Å². The maximum Gasteiger partial charge on any atom is 0.248 e. The average molecular weight is 537 g/mol. The minimum absolute atomic E-state index is 0.127. The summed E-state index contributed by atoms with van der Waals surface area (Å²) in [6.07, 6.45) is 0.380. The van der Waals surface area contributed by atoms with Crippen molar-refractivity contribution in [2.75, 3.05) is 24.4 Å². The summed E-state index contributed by atoms with van der Waals surface area (Å²) in [4.78, 5) is 41.9. The van der Waals surface area contributed by atoms with Crippen LogP contribution in [-0.2, 0) is 14.4 Å². The van der Waals surface area contributed by atoms with Crippen molar-refractivity contribution in [3.8, 4) is 11.5 Å². The van der Waals surface area contributed by atoms with Crippen LogP contribution < -0.4 is 25.0 Å². The fraction of sp³-hybridized carbons (Fsp3) is 0.379. The minimum atomic E-state index is -1.11. The number of hydrogen-bond acceptors (Lipinski definition) is 7. The smallest absolute Gasteiger partial charge is 0.248 e. The van der Waals surface area contributed by atoms with E-state index in [-0.39, 0.29) is 18.7 Å². The first-order valence-corrected chi connectivity index (χ1v) is 12.7. The molecule has 2 N–H and O–H groups in total.